The van der Waals surface area contributed by atoms with Crippen molar-refractivity contribution in [1.82, 2.24) is 0 Å². The maximum absolute atomic E-state index is 13.5. The standard InChI is InChI=1S/C13H15BrFNO3/c1-7(2)13(18)19-8(3)12(17)16-11-5-4-9(14)6-10(11)15/h4-8H,1-3H3,(H,16,17)/t8-/m0/s1. The molecule has 0 radical (unpaired) electrons. The number of anilines is 1. The van der Waals surface area contributed by atoms with Crippen molar-refractivity contribution >= 4 is 33.5 Å². The Hall–Kier alpha value is -1.43. The first-order chi connectivity index (χ1) is 8.81. The highest BCUT2D eigenvalue weighted by Crippen LogP contribution is 2.19. The van der Waals surface area contributed by atoms with Crippen molar-refractivity contribution in [2.45, 2.75) is 26.9 Å². The van der Waals surface area contributed by atoms with Gasteiger partial charge in [-0.25, -0.2) is 4.39 Å². The van der Waals surface area contributed by atoms with Crippen LogP contribution in [0, 0.1) is 11.7 Å². The van der Waals surface area contributed by atoms with Crippen LogP contribution in [0.15, 0.2) is 22.7 Å². The molecule has 1 amide bonds. The van der Waals surface area contributed by atoms with E-state index in [4.69, 9.17) is 4.74 Å². The molecule has 19 heavy (non-hydrogen) atoms. The molecule has 0 saturated carbocycles. The predicted molar refractivity (Wildman–Crippen MR) is 73.1 cm³/mol. The van der Waals surface area contributed by atoms with E-state index in [0.717, 1.165) is 0 Å². The molecular formula is C13H15BrFNO3. The van der Waals surface area contributed by atoms with Gasteiger partial charge in [0.1, 0.15) is 5.82 Å². The lowest BCUT2D eigenvalue weighted by Gasteiger charge is -2.15. The number of carbonyl (C=O) groups is 2. The van der Waals surface area contributed by atoms with Gasteiger partial charge in [-0.2, -0.15) is 0 Å². The molecule has 0 fully saturated rings. The van der Waals surface area contributed by atoms with Crippen molar-refractivity contribution in [3.8, 4) is 0 Å². The first kappa shape index (κ1) is 15.6. The molecule has 1 aromatic rings. The Morgan fingerprint density at radius 1 is 1.32 bits per heavy atom. The van der Waals surface area contributed by atoms with Crippen molar-refractivity contribution in [1.29, 1.82) is 0 Å². The molecule has 4 nitrogen and oxygen atoms in total. The van der Waals surface area contributed by atoms with Crippen molar-refractivity contribution in [3.63, 3.8) is 0 Å². The van der Waals surface area contributed by atoms with E-state index in [0.29, 0.717) is 4.47 Å². The molecule has 0 saturated heterocycles. The summed E-state index contributed by atoms with van der Waals surface area (Å²) in [7, 11) is 0. The average Bonchev–Trinajstić information content (AvgIpc) is 2.32. The molecule has 0 unspecified atom stereocenters. The number of ether oxygens (including phenoxy) is 1. The lowest BCUT2D eigenvalue weighted by molar-refractivity contribution is -0.156. The summed E-state index contributed by atoms with van der Waals surface area (Å²) in [6, 6.07) is 4.26. The second-order valence-corrected chi connectivity index (χ2v) is 5.26. The number of halogens is 2. The topological polar surface area (TPSA) is 55.4 Å². The lowest BCUT2D eigenvalue weighted by Crippen LogP contribution is -2.31. The fraction of sp³-hybridized carbons (Fsp3) is 0.385. The fourth-order valence-corrected chi connectivity index (χ4v) is 1.52. The maximum Gasteiger partial charge on any atom is 0.309 e. The van der Waals surface area contributed by atoms with Gasteiger partial charge in [0.05, 0.1) is 11.6 Å². The van der Waals surface area contributed by atoms with E-state index in [1.165, 1.54) is 19.1 Å². The molecule has 0 aromatic heterocycles. The van der Waals surface area contributed by atoms with Crippen molar-refractivity contribution in [2.24, 2.45) is 5.92 Å². The molecule has 0 heterocycles. The van der Waals surface area contributed by atoms with E-state index in [9.17, 15) is 14.0 Å². The third kappa shape index (κ3) is 4.63. The van der Waals surface area contributed by atoms with Gasteiger partial charge in [-0.05, 0) is 25.1 Å². The third-order valence-corrected chi connectivity index (χ3v) is 2.82. The van der Waals surface area contributed by atoms with Gasteiger partial charge in [-0.15, -0.1) is 0 Å². The van der Waals surface area contributed by atoms with E-state index < -0.39 is 23.8 Å². The summed E-state index contributed by atoms with van der Waals surface area (Å²) in [6.45, 7) is 4.77. The van der Waals surface area contributed by atoms with Crippen LogP contribution in [0.2, 0.25) is 0 Å². The molecule has 1 atom stereocenters. The maximum atomic E-state index is 13.5. The third-order valence-electron chi connectivity index (χ3n) is 2.32. The second kappa shape index (κ2) is 6.65. The molecule has 6 heteroatoms. The van der Waals surface area contributed by atoms with E-state index in [1.54, 1.807) is 19.9 Å². The van der Waals surface area contributed by atoms with Crippen molar-refractivity contribution in [3.05, 3.63) is 28.5 Å². The molecule has 0 aliphatic rings. The number of benzene rings is 1. The first-order valence-corrected chi connectivity index (χ1v) is 6.57. The van der Waals surface area contributed by atoms with Crippen LogP contribution in [-0.4, -0.2) is 18.0 Å². The van der Waals surface area contributed by atoms with Gasteiger partial charge in [-0.1, -0.05) is 29.8 Å². The number of esters is 1. The minimum Gasteiger partial charge on any atom is -0.452 e. The highest BCUT2D eigenvalue weighted by molar-refractivity contribution is 9.10. The predicted octanol–water partition coefficient (Wildman–Crippen LogP) is 3.11. The zero-order valence-corrected chi connectivity index (χ0v) is 12.5. The van der Waals surface area contributed by atoms with Gasteiger partial charge in [0.2, 0.25) is 0 Å². The monoisotopic (exact) mass is 331 g/mol. The summed E-state index contributed by atoms with van der Waals surface area (Å²) in [6.07, 6.45) is -0.974. The Balaban J connectivity index is 2.66. The minimum atomic E-state index is -0.974. The van der Waals surface area contributed by atoms with Crippen molar-refractivity contribution in [2.75, 3.05) is 5.32 Å². The summed E-state index contributed by atoms with van der Waals surface area (Å²) in [5.41, 5.74) is 0.0423. The molecule has 0 aliphatic carbocycles. The van der Waals surface area contributed by atoms with Gasteiger partial charge in [0.15, 0.2) is 6.10 Å². The number of amides is 1. The molecule has 1 rings (SSSR count). The van der Waals surface area contributed by atoms with E-state index >= 15 is 0 Å². The minimum absolute atomic E-state index is 0.0423. The Morgan fingerprint density at radius 3 is 2.47 bits per heavy atom. The fourth-order valence-electron chi connectivity index (χ4n) is 1.19. The van der Waals surface area contributed by atoms with E-state index in [-0.39, 0.29) is 11.6 Å². The number of carbonyl (C=O) groups excluding carboxylic acids is 2. The molecule has 1 aromatic carbocycles. The van der Waals surface area contributed by atoms with Crippen molar-refractivity contribution < 1.29 is 18.7 Å². The molecule has 0 spiro atoms. The van der Waals surface area contributed by atoms with Crippen LogP contribution < -0.4 is 5.32 Å². The molecule has 0 bridgehead atoms. The molecule has 1 N–H and O–H groups in total. The Morgan fingerprint density at radius 2 is 1.95 bits per heavy atom. The zero-order chi connectivity index (χ0) is 14.6. The Labute approximate surface area is 119 Å². The first-order valence-electron chi connectivity index (χ1n) is 5.77. The zero-order valence-electron chi connectivity index (χ0n) is 10.9. The molecule has 0 aliphatic heterocycles. The van der Waals surface area contributed by atoms with E-state index in [1.807, 2.05) is 0 Å². The summed E-state index contributed by atoms with van der Waals surface area (Å²) >= 11 is 3.12. The largest absolute Gasteiger partial charge is 0.452 e. The summed E-state index contributed by atoms with van der Waals surface area (Å²) < 4.78 is 19.0. The Bertz CT molecular complexity index is 491. The molecule has 104 valence electrons. The second-order valence-electron chi connectivity index (χ2n) is 4.35. The van der Waals surface area contributed by atoms with Crippen LogP contribution in [0.25, 0.3) is 0 Å². The highest BCUT2D eigenvalue weighted by atomic mass is 79.9. The summed E-state index contributed by atoms with van der Waals surface area (Å²) in [4.78, 5) is 23.1. The number of hydrogen-bond acceptors (Lipinski definition) is 3. The van der Waals surface area contributed by atoms with Crippen LogP contribution in [0.5, 0.6) is 0 Å². The average molecular weight is 332 g/mol. The number of hydrogen-bond donors (Lipinski definition) is 1. The summed E-state index contributed by atoms with van der Waals surface area (Å²) in [5.74, 6) is -1.93. The van der Waals surface area contributed by atoms with Gasteiger partial charge in [-0.3, -0.25) is 9.59 Å². The van der Waals surface area contributed by atoms with Crippen LogP contribution in [0.1, 0.15) is 20.8 Å². The van der Waals surface area contributed by atoms with Gasteiger partial charge >= 0.3 is 5.97 Å². The smallest absolute Gasteiger partial charge is 0.309 e. The van der Waals surface area contributed by atoms with Gasteiger partial charge in [0, 0.05) is 4.47 Å². The normalized spacial score (nSPS) is 12.1. The van der Waals surface area contributed by atoms with Gasteiger partial charge < -0.3 is 10.1 Å². The summed E-state index contributed by atoms with van der Waals surface area (Å²) in [5, 5.41) is 2.37. The van der Waals surface area contributed by atoms with Crippen LogP contribution >= 0.6 is 15.9 Å². The lowest BCUT2D eigenvalue weighted by atomic mass is 10.2. The molecular weight excluding hydrogens is 317 g/mol. The highest BCUT2D eigenvalue weighted by Gasteiger charge is 2.20. The number of rotatable bonds is 4. The van der Waals surface area contributed by atoms with Crippen LogP contribution in [-0.2, 0) is 14.3 Å². The van der Waals surface area contributed by atoms with Crippen LogP contribution in [0.3, 0.4) is 0 Å². The quantitative estimate of drug-likeness (QED) is 0.862. The SMILES string of the molecule is CC(C)C(=O)O[C@@H](C)C(=O)Nc1ccc(Br)cc1F. The number of nitrogens with one attached hydrogen (secondary N) is 1. The van der Waals surface area contributed by atoms with E-state index in [2.05, 4.69) is 21.2 Å². The Kier molecular flexibility index (Phi) is 5.47. The van der Waals surface area contributed by atoms with Crippen LogP contribution in [0.4, 0.5) is 10.1 Å². The van der Waals surface area contributed by atoms with Gasteiger partial charge in [0.25, 0.3) is 5.91 Å².